The predicted octanol–water partition coefficient (Wildman–Crippen LogP) is 5.35. The third kappa shape index (κ3) is 3.48. The van der Waals surface area contributed by atoms with E-state index in [0.717, 1.165) is 33.7 Å². The Hall–Kier alpha value is -2.63. The summed E-state index contributed by atoms with van der Waals surface area (Å²) in [4.78, 5) is 8.86. The molecule has 0 aliphatic rings. The van der Waals surface area contributed by atoms with E-state index in [9.17, 15) is 0 Å². The molecule has 2 heterocycles. The molecule has 4 rings (SSSR count). The van der Waals surface area contributed by atoms with Crippen LogP contribution in [0.3, 0.4) is 0 Å². The van der Waals surface area contributed by atoms with Gasteiger partial charge in [0.05, 0.1) is 39.6 Å². The van der Waals surface area contributed by atoms with E-state index in [4.69, 9.17) is 23.2 Å². The first-order valence-electron chi connectivity index (χ1n) is 8.47. The minimum Gasteiger partial charge on any atom is -0.379 e. The number of anilines is 1. The Bertz CT molecular complexity index is 1140. The van der Waals surface area contributed by atoms with E-state index in [1.165, 1.54) is 5.56 Å². The normalized spacial score (nSPS) is 11.1. The van der Waals surface area contributed by atoms with Crippen LogP contribution in [0.5, 0.6) is 0 Å². The highest BCUT2D eigenvalue weighted by atomic mass is 35.5. The van der Waals surface area contributed by atoms with Gasteiger partial charge in [-0.05, 0) is 43.7 Å². The topological polar surface area (TPSA) is 55.6 Å². The first kappa shape index (κ1) is 17.8. The molecule has 5 nitrogen and oxygen atoms in total. The van der Waals surface area contributed by atoms with Crippen molar-refractivity contribution in [2.75, 3.05) is 5.32 Å². The first-order chi connectivity index (χ1) is 13.0. The highest BCUT2D eigenvalue weighted by Gasteiger charge is 2.12. The lowest BCUT2D eigenvalue weighted by Gasteiger charge is -2.09. The summed E-state index contributed by atoms with van der Waals surface area (Å²) in [5, 5.41) is 9.81. The molecule has 0 spiro atoms. The number of halogens is 2. The molecule has 0 saturated carbocycles. The van der Waals surface area contributed by atoms with Gasteiger partial charge in [0.2, 0.25) is 0 Å². The maximum atomic E-state index is 6.08. The number of nitrogens with one attached hydrogen (secondary N) is 1. The minimum atomic E-state index is 0.511. The van der Waals surface area contributed by atoms with Crippen LogP contribution in [0.15, 0.2) is 48.9 Å². The second-order valence-electron chi connectivity index (χ2n) is 6.39. The minimum absolute atomic E-state index is 0.511. The van der Waals surface area contributed by atoms with Crippen LogP contribution in [0.4, 0.5) is 5.69 Å². The molecule has 2 aromatic heterocycles. The second kappa shape index (κ2) is 7.18. The maximum absolute atomic E-state index is 6.08. The lowest BCUT2D eigenvalue weighted by molar-refractivity contribution is 0.885. The third-order valence-corrected chi connectivity index (χ3v) is 5.15. The molecule has 2 aromatic carbocycles. The van der Waals surface area contributed by atoms with Crippen molar-refractivity contribution in [2.24, 2.45) is 0 Å². The van der Waals surface area contributed by atoms with Gasteiger partial charge in [0, 0.05) is 5.69 Å². The number of nitrogens with zero attached hydrogens (tertiary/aromatic N) is 4. The molecule has 1 N–H and O–H groups in total. The van der Waals surface area contributed by atoms with Crippen molar-refractivity contribution in [3.05, 3.63) is 75.8 Å². The molecule has 0 aliphatic carbocycles. The van der Waals surface area contributed by atoms with Gasteiger partial charge in [-0.25, -0.2) is 14.6 Å². The molecule has 0 aliphatic heterocycles. The molecule has 0 amide bonds. The first-order valence-corrected chi connectivity index (χ1v) is 9.22. The molecular weight excluding hydrogens is 381 g/mol. The Morgan fingerprint density at radius 1 is 1.00 bits per heavy atom. The number of rotatable bonds is 4. The van der Waals surface area contributed by atoms with Crippen LogP contribution in [0.2, 0.25) is 10.0 Å². The van der Waals surface area contributed by atoms with Crippen molar-refractivity contribution in [3.8, 4) is 5.69 Å². The quantitative estimate of drug-likeness (QED) is 0.504. The number of fused-ring (bicyclic) bond motifs is 1. The van der Waals surface area contributed by atoms with Crippen molar-refractivity contribution < 1.29 is 0 Å². The summed E-state index contributed by atoms with van der Waals surface area (Å²) in [5.74, 6) is 0. The van der Waals surface area contributed by atoms with Gasteiger partial charge >= 0.3 is 0 Å². The molecular formula is C20H17Cl2N5. The average Bonchev–Trinajstić information content (AvgIpc) is 3.07. The summed E-state index contributed by atoms with van der Waals surface area (Å²) < 4.78 is 1.86. The van der Waals surface area contributed by atoms with Crippen molar-refractivity contribution >= 4 is 39.9 Å². The van der Waals surface area contributed by atoms with Crippen LogP contribution in [0.1, 0.15) is 16.8 Å². The fourth-order valence-corrected chi connectivity index (χ4v) is 3.34. The van der Waals surface area contributed by atoms with Crippen LogP contribution in [0, 0.1) is 13.8 Å². The Labute approximate surface area is 167 Å². The fourth-order valence-electron chi connectivity index (χ4n) is 3.04. The second-order valence-corrected chi connectivity index (χ2v) is 7.20. The number of benzene rings is 2. The molecule has 0 unspecified atom stereocenters. The van der Waals surface area contributed by atoms with Crippen molar-refractivity contribution in [3.63, 3.8) is 0 Å². The zero-order valence-electron chi connectivity index (χ0n) is 14.9. The van der Waals surface area contributed by atoms with Gasteiger partial charge in [-0.15, -0.1) is 0 Å². The Morgan fingerprint density at radius 3 is 2.63 bits per heavy atom. The standard InChI is InChI=1S/C20H17Cl2N5/c1-12-3-6-19(13(2)7-12)27-20-15(9-26-27)18(24-11-25-20)10-23-14-4-5-16(21)17(22)8-14/h3-9,11,23H,10H2,1-2H3. The van der Waals surface area contributed by atoms with Gasteiger partial charge < -0.3 is 5.32 Å². The fraction of sp³-hybridized carbons (Fsp3) is 0.150. The van der Waals surface area contributed by atoms with Crippen LogP contribution in [0.25, 0.3) is 16.7 Å². The van der Waals surface area contributed by atoms with E-state index >= 15 is 0 Å². The van der Waals surface area contributed by atoms with Crippen LogP contribution < -0.4 is 5.32 Å². The van der Waals surface area contributed by atoms with E-state index in [2.05, 4.69) is 52.4 Å². The third-order valence-electron chi connectivity index (χ3n) is 4.41. The molecule has 0 atom stereocenters. The highest BCUT2D eigenvalue weighted by molar-refractivity contribution is 6.42. The van der Waals surface area contributed by atoms with E-state index in [-0.39, 0.29) is 0 Å². The average molecular weight is 398 g/mol. The number of aromatic nitrogens is 4. The van der Waals surface area contributed by atoms with Gasteiger partial charge in [-0.2, -0.15) is 5.10 Å². The Balaban J connectivity index is 1.67. The summed E-state index contributed by atoms with van der Waals surface area (Å²) >= 11 is 12.0. The van der Waals surface area contributed by atoms with Crippen molar-refractivity contribution in [2.45, 2.75) is 20.4 Å². The molecule has 0 fully saturated rings. The van der Waals surface area contributed by atoms with Gasteiger partial charge in [-0.1, -0.05) is 40.9 Å². The lowest BCUT2D eigenvalue weighted by atomic mass is 10.1. The van der Waals surface area contributed by atoms with Gasteiger partial charge in [0.15, 0.2) is 5.65 Å². The maximum Gasteiger partial charge on any atom is 0.166 e. The number of hydrogen-bond donors (Lipinski definition) is 1. The summed E-state index contributed by atoms with van der Waals surface area (Å²) in [5.41, 5.74) is 5.89. The summed E-state index contributed by atoms with van der Waals surface area (Å²) in [7, 11) is 0. The molecule has 0 radical (unpaired) electrons. The van der Waals surface area contributed by atoms with Crippen molar-refractivity contribution in [1.29, 1.82) is 0 Å². The van der Waals surface area contributed by atoms with E-state index < -0.39 is 0 Å². The van der Waals surface area contributed by atoms with Crippen LogP contribution >= 0.6 is 23.2 Å². The van der Waals surface area contributed by atoms with Gasteiger partial charge in [-0.3, -0.25) is 0 Å². The van der Waals surface area contributed by atoms with Crippen molar-refractivity contribution in [1.82, 2.24) is 19.7 Å². The summed E-state index contributed by atoms with van der Waals surface area (Å²) in [6, 6.07) is 11.7. The molecule has 7 heteroatoms. The molecule has 136 valence electrons. The summed E-state index contributed by atoms with van der Waals surface area (Å²) in [6.45, 7) is 4.67. The molecule has 27 heavy (non-hydrogen) atoms. The van der Waals surface area contributed by atoms with E-state index in [0.29, 0.717) is 16.6 Å². The number of aryl methyl sites for hydroxylation is 2. The Kier molecular flexibility index (Phi) is 4.72. The largest absolute Gasteiger partial charge is 0.379 e. The molecule has 0 saturated heterocycles. The van der Waals surface area contributed by atoms with E-state index in [1.54, 1.807) is 24.7 Å². The van der Waals surface area contributed by atoms with Crippen LogP contribution in [-0.2, 0) is 6.54 Å². The summed E-state index contributed by atoms with van der Waals surface area (Å²) in [6.07, 6.45) is 3.37. The number of hydrogen-bond acceptors (Lipinski definition) is 4. The Morgan fingerprint density at radius 2 is 1.85 bits per heavy atom. The smallest absolute Gasteiger partial charge is 0.166 e. The zero-order valence-corrected chi connectivity index (χ0v) is 16.4. The van der Waals surface area contributed by atoms with Gasteiger partial charge in [0.1, 0.15) is 6.33 Å². The predicted molar refractivity (Wildman–Crippen MR) is 110 cm³/mol. The highest BCUT2D eigenvalue weighted by Crippen LogP contribution is 2.26. The van der Waals surface area contributed by atoms with E-state index in [1.807, 2.05) is 10.7 Å². The lowest BCUT2D eigenvalue weighted by Crippen LogP contribution is -2.04. The zero-order chi connectivity index (χ0) is 19.0. The molecule has 4 aromatic rings. The SMILES string of the molecule is Cc1ccc(-n2ncc3c(CNc4ccc(Cl)c(Cl)c4)ncnc32)c(C)c1. The monoisotopic (exact) mass is 397 g/mol. The molecule has 0 bridgehead atoms. The van der Waals surface area contributed by atoms with Crippen LogP contribution in [-0.4, -0.2) is 19.7 Å². The van der Waals surface area contributed by atoms with Gasteiger partial charge in [0.25, 0.3) is 0 Å².